The van der Waals surface area contributed by atoms with Gasteiger partial charge in [0.2, 0.25) is 0 Å². The molecule has 1 aliphatic carbocycles. The van der Waals surface area contributed by atoms with Gasteiger partial charge in [0.05, 0.1) is 11.8 Å². The van der Waals surface area contributed by atoms with Crippen molar-refractivity contribution >= 4 is 11.7 Å². The zero-order chi connectivity index (χ0) is 16.1. The lowest BCUT2D eigenvalue weighted by molar-refractivity contribution is -0.127. The Morgan fingerprint density at radius 3 is 2.64 bits per heavy atom. The minimum absolute atomic E-state index is 0.112. The van der Waals surface area contributed by atoms with Crippen LogP contribution in [0.15, 0.2) is 17.8 Å². The summed E-state index contributed by atoms with van der Waals surface area (Å²) in [4.78, 5) is 26.1. The number of hydrogen-bond donors (Lipinski definition) is 0. The molecule has 0 saturated carbocycles. The smallest absolute Gasteiger partial charge is 0.276 e. The third-order valence-corrected chi connectivity index (χ3v) is 4.34. The second kappa shape index (κ2) is 4.50. The van der Waals surface area contributed by atoms with E-state index in [0.717, 1.165) is 0 Å². The van der Waals surface area contributed by atoms with Gasteiger partial charge in [-0.25, -0.2) is 0 Å². The summed E-state index contributed by atoms with van der Waals surface area (Å²) >= 11 is 0. The van der Waals surface area contributed by atoms with Gasteiger partial charge in [0, 0.05) is 31.0 Å². The van der Waals surface area contributed by atoms with Crippen LogP contribution in [0.4, 0.5) is 0 Å². The lowest BCUT2D eigenvalue weighted by Gasteiger charge is -2.53. The van der Waals surface area contributed by atoms with Gasteiger partial charge in [-0.1, -0.05) is 25.1 Å². The van der Waals surface area contributed by atoms with Crippen molar-refractivity contribution in [2.45, 2.75) is 20.3 Å². The number of nitrogens with zero attached hydrogens (tertiary/aromatic N) is 5. The lowest BCUT2D eigenvalue weighted by Crippen LogP contribution is -2.61. The highest BCUT2D eigenvalue weighted by Gasteiger charge is 2.52. The molecule has 1 aliphatic heterocycles. The first-order valence-electron chi connectivity index (χ1n) is 7.10. The van der Waals surface area contributed by atoms with E-state index in [1.54, 1.807) is 24.2 Å². The SMILES string of the molecule is Cn1cc(C(=O)N2CC3(C=C(C#N)C(=O)C(C)(C)C3)C2)nn1. The van der Waals surface area contributed by atoms with Crippen LogP contribution in [0.1, 0.15) is 30.8 Å². The Morgan fingerprint density at radius 2 is 2.09 bits per heavy atom. The molecule has 1 saturated heterocycles. The van der Waals surface area contributed by atoms with Crippen LogP contribution in [-0.2, 0) is 11.8 Å². The molecular formula is C15H17N5O2. The van der Waals surface area contributed by atoms with E-state index in [9.17, 15) is 9.59 Å². The number of likely N-dealkylation sites (tertiary alicyclic amines) is 1. The maximum Gasteiger partial charge on any atom is 0.276 e. The normalized spacial score (nSPS) is 22.0. The van der Waals surface area contributed by atoms with Gasteiger partial charge in [-0.15, -0.1) is 5.10 Å². The van der Waals surface area contributed by atoms with Crippen molar-refractivity contribution in [3.05, 3.63) is 23.5 Å². The summed E-state index contributed by atoms with van der Waals surface area (Å²) in [5.74, 6) is -0.278. The largest absolute Gasteiger partial charge is 0.335 e. The molecule has 0 N–H and O–H groups in total. The molecule has 0 aromatic carbocycles. The Morgan fingerprint density at radius 1 is 1.41 bits per heavy atom. The molecule has 0 atom stereocenters. The summed E-state index contributed by atoms with van der Waals surface area (Å²) < 4.78 is 1.48. The maximum atomic E-state index is 12.3. The van der Waals surface area contributed by atoms with Gasteiger partial charge in [0.25, 0.3) is 5.91 Å². The molecule has 0 bridgehead atoms. The Bertz CT molecular complexity index is 731. The highest BCUT2D eigenvalue weighted by Crippen LogP contribution is 2.48. The van der Waals surface area contributed by atoms with Crippen LogP contribution in [0.25, 0.3) is 0 Å². The van der Waals surface area contributed by atoms with Crippen LogP contribution in [-0.4, -0.2) is 44.7 Å². The Kier molecular flexibility index (Phi) is 2.96. The van der Waals surface area contributed by atoms with Crippen molar-refractivity contribution in [1.29, 1.82) is 5.26 Å². The van der Waals surface area contributed by atoms with E-state index in [2.05, 4.69) is 10.3 Å². The first-order chi connectivity index (χ1) is 10.3. The molecule has 114 valence electrons. The van der Waals surface area contributed by atoms with Crippen LogP contribution in [0, 0.1) is 22.2 Å². The molecule has 3 rings (SSSR count). The van der Waals surface area contributed by atoms with Gasteiger partial charge in [-0.2, -0.15) is 5.26 Å². The predicted octanol–water partition coefficient (Wildman–Crippen LogP) is 0.706. The third-order valence-electron chi connectivity index (χ3n) is 4.34. The maximum absolute atomic E-state index is 12.3. The lowest BCUT2D eigenvalue weighted by atomic mass is 9.61. The molecule has 7 heteroatoms. The second-order valence-electron chi connectivity index (χ2n) is 6.86. The van der Waals surface area contributed by atoms with Crippen molar-refractivity contribution in [2.24, 2.45) is 17.9 Å². The summed E-state index contributed by atoms with van der Waals surface area (Å²) in [5, 5.41) is 16.7. The van der Waals surface area contributed by atoms with E-state index in [1.807, 2.05) is 19.9 Å². The summed E-state index contributed by atoms with van der Waals surface area (Å²) in [6.07, 6.45) is 3.98. The predicted molar refractivity (Wildman–Crippen MR) is 76.4 cm³/mol. The molecule has 0 unspecified atom stereocenters. The Balaban J connectivity index is 1.79. The first-order valence-corrected chi connectivity index (χ1v) is 7.10. The number of aromatic nitrogens is 3. The van der Waals surface area contributed by atoms with Gasteiger partial charge >= 0.3 is 0 Å². The van der Waals surface area contributed by atoms with Crippen LogP contribution < -0.4 is 0 Å². The number of ketones is 1. The van der Waals surface area contributed by atoms with Crippen molar-refractivity contribution in [3.8, 4) is 6.07 Å². The molecule has 1 aromatic rings. The van der Waals surface area contributed by atoms with Gasteiger partial charge in [0.15, 0.2) is 11.5 Å². The molecule has 7 nitrogen and oxygen atoms in total. The van der Waals surface area contributed by atoms with Crippen LogP contribution in [0.3, 0.4) is 0 Å². The number of nitriles is 1. The molecule has 1 fully saturated rings. The molecule has 2 aliphatic rings. The topological polar surface area (TPSA) is 91.9 Å². The second-order valence-corrected chi connectivity index (χ2v) is 6.86. The minimum Gasteiger partial charge on any atom is -0.335 e. The monoisotopic (exact) mass is 299 g/mol. The number of allylic oxidation sites excluding steroid dienone is 1. The van der Waals surface area contributed by atoms with Gasteiger partial charge in [0.1, 0.15) is 6.07 Å². The standard InChI is InChI=1S/C15H17N5O2/c1-14(2)7-15(4-10(5-16)12(14)21)8-20(9-15)13(22)11-6-19(3)18-17-11/h4,6H,7-9H2,1-3H3. The average Bonchev–Trinajstić information content (AvgIpc) is 2.85. The van der Waals surface area contributed by atoms with Gasteiger partial charge in [-0.3, -0.25) is 14.3 Å². The van der Waals surface area contributed by atoms with E-state index in [-0.39, 0.29) is 22.7 Å². The number of Topliss-reactive ketones (excluding diaryl/α,β-unsaturated/α-hetero) is 1. The molecule has 1 spiro atoms. The van der Waals surface area contributed by atoms with Crippen molar-refractivity contribution < 1.29 is 9.59 Å². The summed E-state index contributed by atoms with van der Waals surface area (Å²) in [6, 6.07) is 1.99. The van der Waals surface area contributed by atoms with Crippen LogP contribution >= 0.6 is 0 Å². The number of aryl methyl sites for hydroxylation is 1. The molecule has 1 aromatic heterocycles. The quantitative estimate of drug-likeness (QED) is 0.761. The van der Waals surface area contributed by atoms with Gasteiger partial charge in [-0.05, 0) is 6.42 Å². The molecule has 2 heterocycles. The van der Waals surface area contributed by atoms with Crippen molar-refractivity contribution in [3.63, 3.8) is 0 Å². The van der Waals surface area contributed by atoms with E-state index < -0.39 is 5.41 Å². The number of amides is 1. The summed E-state index contributed by atoms with van der Waals surface area (Å²) in [5.41, 5.74) is -0.321. The fraction of sp³-hybridized carbons (Fsp3) is 0.533. The number of carbonyl (C=O) groups is 2. The fourth-order valence-electron chi connectivity index (χ4n) is 3.50. The third kappa shape index (κ3) is 2.11. The summed E-state index contributed by atoms with van der Waals surface area (Å²) in [6.45, 7) is 4.72. The van der Waals surface area contributed by atoms with E-state index in [4.69, 9.17) is 5.26 Å². The Hall–Kier alpha value is -2.49. The zero-order valence-electron chi connectivity index (χ0n) is 12.8. The molecular weight excluding hydrogens is 282 g/mol. The van der Waals surface area contributed by atoms with Crippen molar-refractivity contribution in [2.75, 3.05) is 13.1 Å². The highest BCUT2D eigenvalue weighted by molar-refractivity contribution is 6.04. The first kappa shape index (κ1) is 14.4. The fourth-order valence-corrected chi connectivity index (χ4v) is 3.50. The summed E-state index contributed by atoms with van der Waals surface area (Å²) in [7, 11) is 1.71. The number of rotatable bonds is 1. The van der Waals surface area contributed by atoms with E-state index >= 15 is 0 Å². The highest BCUT2D eigenvalue weighted by atomic mass is 16.2. The zero-order valence-corrected chi connectivity index (χ0v) is 12.8. The van der Waals surface area contributed by atoms with E-state index in [0.29, 0.717) is 25.2 Å². The van der Waals surface area contributed by atoms with E-state index in [1.165, 1.54) is 4.68 Å². The average molecular weight is 299 g/mol. The van der Waals surface area contributed by atoms with Crippen LogP contribution in [0.5, 0.6) is 0 Å². The molecule has 22 heavy (non-hydrogen) atoms. The number of hydrogen-bond acceptors (Lipinski definition) is 5. The van der Waals surface area contributed by atoms with Crippen LogP contribution in [0.2, 0.25) is 0 Å². The molecule has 1 amide bonds. The minimum atomic E-state index is -0.568. The number of carbonyl (C=O) groups excluding carboxylic acids is 2. The molecule has 0 radical (unpaired) electrons. The van der Waals surface area contributed by atoms with Gasteiger partial charge < -0.3 is 4.90 Å². The Labute approximate surface area is 128 Å². The van der Waals surface area contributed by atoms with Crippen molar-refractivity contribution in [1.82, 2.24) is 19.9 Å².